The minimum Gasteiger partial charge on any atom is -0.477 e. The molecule has 1 spiro atoms. The fraction of sp³-hybridized carbons (Fsp3) is 0.478. The summed E-state index contributed by atoms with van der Waals surface area (Å²) in [5.74, 6) is -0.631. The Morgan fingerprint density at radius 2 is 2.06 bits per heavy atom. The van der Waals surface area contributed by atoms with Gasteiger partial charge in [-0.2, -0.15) is 4.37 Å². The maximum atomic E-state index is 13.0. The van der Waals surface area contributed by atoms with Gasteiger partial charge in [0.15, 0.2) is 5.65 Å². The Hall–Kier alpha value is -3.38. The van der Waals surface area contributed by atoms with Crippen LogP contribution in [-0.2, 0) is 9.53 Å². The van der Waals surface area contributed by atoms with E-state index in [0.717, 1.165) is 37.4 Å². The first-order valence-electron chi connectivity index (χ1n) is 11.6. The van der Waals surface area contributed by atoms with Gasteiger partial charge < -0.3 is 19.6 Å². The molecule has 0 atom stereocenters. The first kappa shape index (κ1) is 22.1. The molecule has 3 saturated heterocycles. The third-order valence-corrected chi connectivity index (χ3v) is 7.85. The van der Waals surface area contributed by atoms with Crippen LogP contribution in [0.4, 0.5) is 5.82 Å². The summed E-state index contributed by atoms with van der Waals surface area (Å²) < 4.78 is 11.4. The topological polar surface area (TPSA) is 131 Å². The number of pyridine rings is 2. The first-order valence-corrected chi connectivity index (χ1v) is 12.4. The molecule has 0 aromatic carbocycles. The standard InChI is InChI=1S/C23H24N6O5S/c1-13-6-16(27-7-14(8-27)20(31)28-10-23(11-28)4-2-3-5-34-23)26-19-17(13)18(30)15(21(32)33)9-29(19)22-24-12-25-35-22/h6,9,12,14H,2-5,7-8,10-11H2,1H3,(H,32,33). The molecule has 3 aliphatic heterocycles. The van der Waals surface area contributed by atoms with E-state index in [1.165, 1.54) is 17.1 Å². The van der Waals surface area contributed by atoms with Crippen molar-refractivity contribution in [2.45, 2.75) is 31.8 Å². The van der Waals surface area contributed by atoms with Crippen molar-refractivity contribution in [3.05, 3.63) is 39.9 Å². The molecule has 6 rings (SSSR count). The van der Waals surface area contributed by atoms with Gasteiger partial charge in [0.1, 0.15) is 23.3 Å². The van der Waals surface area contributed by atoms with Gasteiger partial charge in [0.05, 0.1) is 24.4 Å². The van der Waals surface area contributed by atoms with E-state index >= 15 is 0 Å². The summed E-state index contributed by atoms with van der Waals surface area (Å²) in [6, 6.07) is 1.77. The van der Waals surface area contributed by atoms with Crippen LogP contribution in [-0.4, -0.2) is 79.2 Å². The Morgan fingerprint density at radius 1 is 1.26 bits per heavy atom. The van der Waals surface area contributed by atoms with Crippen LogP contribution in [0, 0.1) is 12.8 Å². The number of aromatic carboxylic acids is 1. The largest absolute Gasteiger partial charge is 0.477 e. The number of rotatable bonds is 4. The van der Waals surface area contributed by atoms with Crippen LogP contribution >= 0.6 is 11.5 Å². The van der Waals surface area contributed by atoms with E-state index in [-0.39, 0.29) is 28.4 Å². The Morgan fingerprint density at radius 3 is 2.71 bits per heavy atom. The smallest absolute Gasteiger partial charge is 0.341 e. The highest BCUT2D eigenvalue weighted by Gasteiger charge is 2.49. The molecule has 0 radical (unpaired) electrons. The van der Waals surface area contributed by atoms with Crippen LogP contribution in [0.5, 0.6) is 0 Å². The van der Waals surface area contributed by atoms with Crippen molar-refractivity contribution in [1.82, 2.24) is 23.8 Å². The molecule has 1 amide bonds. The molecule has 1 N–H and O–H groups in total. The highest BCUT2D eigenvalue weighted by atomic mass is 32.1. The third kappa shape index (κ3) is 3.59. The lowest BCUT2D eigenvalue weighted by molar-refractivity contribution is -0.183. The Labute approximate surface area is 204 Å². The lowest BCUT2D eigenvalue weighted by Crippen LogP contribution is -2.68. The van der Waals surface area contributed by atoms with Gasteiger partial charge in [-0.15, -0.1) is 0 Å². The molecule has 0 aliphatic carbocycles. The number of hydrogen-bond donors (Lipinski definition) is 1. The third-order valence-electron chi connectivity index (χ3n) is 7.19. The molecule has 3 aromatic rings. The van der Waals surface area contributed by atoms with Crippen molar-refractivity contribution in [3.63, 3.8) is 0 Å². The van der Waals surface area contributed by atoms with Gasteiger partial charge in [0.25, 0.3) is 0 Å². The van der Waals surface area contributed by atoms with E-state index in [0.29, 0.717) is 48.3 Å². The molecule has 182 valence electrons. The Kier molecular flexibility index (Phi) is 5.11. The predicted octanol–water partition coefficient (Wildman–Crippen LogP) is 1.46. The summed E-state index contributed by atoms with van der Waals surface area (Å²) in [6.07, 6.45) is 5.89. The molecule has 6 heterocycles. The summed E-state index contributed by atoms with van der Waals surface area (Å²) in [5.41, 5.74) is -0.129. The van der Waals surface area contributed by atoms with Gasteiger partial charge >= 0.3 is 5.97 Å². The molecular weight excluding hydrogens is 472 g/mol. The van der Waals surface area contributed by atoms with Crippen LogP contribution in [0.3, 0.4) is 0 Å². The van der Waals surface area contributed by atoms with E-state index in [2.05, 4.69) is 9.36 Å². The Balaban J connectivity index is 1.26. The molecule has 0 unspecified atom stereocenters. The summed E-state index contributed by atoms with van der Waals surface area (Å²) in [7, 11) is 0. The number of aromatic nitrogens is 4. The molecule has 3 fully saturated rings. The zero-order valence-electron chi connectivity index (χ0n) is 19.1. The molecule has 0 bridgehead atoms. The van der Waals surface area contributed by atoms with Gasteiger partial charge in [-0.1, -0.05) is 0 Å². The summed E-state index contributed by atoms with van der Waals surface area (Å²) >= 11 is 1.08. The van der Waals surface area contributed by atoms with Crippen molar-refractivity contribution in [2.24, 2.45) is 5.92 Å². The Bertz CT molecular complexity index is 1380. The maximum Gasteiger partial charge on any atom is 0.341 e. The summed E-state index contributed by atoms with van der Waals surface area (Å²) in [5, 5.41) is 10.2. The zero-order valence-corrected chi connectivity index (χ0v) is 20.0. The fourth-order valence-corrected chi connectivity index (χ4v) is 5.77. The van der Waals surface area contributed by atoms with Crippen LogP contribution in [0.2, 0.25) is 0 Å². The minimum atomic E-state index is -1.31. The van der Waals surface area contributed by atoms with Crippen molar-refractivity contribution >= 4 is 40.3 Å². The monoisotopic (exact) mass is 496 g/mol. The number of carbonyl (C=O) groups excluding carboxylic acids is 1. The van der Waals surface area contributed by atoms with Gasteiger partial charge in [0, 0.05) is 37.4 Å². The number of likely N-dealkylation sites (tertiary alicyclic amines) is 1. The number of anilines is 1. The maximum absolute atomic E-state index is 13.0. The number of carboxylic acids is 1. The number of amides is 1. The zero-order chi connectivity index (χ0) is 24.3. The highest BCUT2D eigenvalue weighted by molar-refractivity contribution is 7.08. The lowest BCUT2D eigenvalue weighted by Gasteiger charge is -2.53. The second kappa shape index (κ2) is 8.09. The number of nitrogens with zero attached hydrogens (tertiary/aromatic N) is 6. The normalized spacial score (nSPS) is 19.6. The van der Waals surface area contributed by atoms with Crippen molar-refractivity contribution < 1.29 is 19.4 Å². The minimum absolute atomic E-state index is 0.103. The number of carboxylic acid groups (broad SMARTS) is 1. The number of aryl methyl sites for hydroxylation is 1. The molecule has 12 heteroatoms. The number of hydrogen-bond acceptors (Lipinski definition) is 9. The average molecular weight is 497 g/mol. The summed E-state index contributed by atoms with van der Waals surface area (Å²) in [4.78, 5) is 50.3. The number of fused-ring (bicyclic) bond motifs is 1. The second-order valence-electron chi connectivity index (χ2n) is 9.55. The molecule has 3 aromatic heterocycles. The van der Waals surface area contributed by atoms with E-state index < -0.39 is 11.4 Å². The molecule has 35 heavy (non-hydrogen) atoms. The molecular formula is C23H24N6O5S. The van der Waals surface area contributed by atoms with E-state index in [1.54, 1.807) is 13.0 Å². The molecule has 0 saturated carbocycles. The first-order chi connectivity index (χ1) is 16.8. The number of carbonyl (C=O) groups is 2. The van der Waals surface area contributed by atoms with Crippen LogP contribution < -0.4 is 10.3 Å². The van der Waals surface area contributed by atoms with Gasteiger partial charge in [-0.3, -0.25) is 14.2 Å². The fourth-order valence-electron chi connectivity index (χ4n) is 5.26. The van der Waals surface area contributed by atoms with Crippen molar-refractivity contribution in [1.29, 1.82) is 0 Å². The van der Waals surface area contributed by atoms with E-state index in [1.807, 2.05) is 9.80 Å². The number of ether oxygens (including phenoxy) is 1. The van der Waals surface area contributed by atoms with E-state index in [9.17, 15) is 19.5 Å². The molecule has 3 aliphatic rings. The van der Waals surface area contributed by atoms with Crippen LogP contribution in [0.15, 0.2) is 23.4 Å². The van der Waals surface area contributed by atoms with Gasteiger partial charge in [0.2, 0.25) is 16.5 Å². The highest BCUT2D eigenvalue weighted by Crippen LogP contribution is 2.36. The average Bonchev–Trinajstić information content (AvgIpc) is 3.31. The van der Waals surface area contributed by atoms with Crippen LogP contribution in [0.25, 0.3) is 16.2 Å². The van der Waals surface area contributed by atoms with Gasteiger partial charge in [-0.05, 0) is 37.8 Å². The lowest BCUT2D eigenvalue weighted by atomic mass is 9.84. The van der Waals surface area contributed by atoms with E-state index in [4.69, 9.17) is 9.72 Å². The van der Waals surface area contributed by atoms with Crippen LogP contribution in [0.1, 0.15) is 35.2 Å². The van der Waals surface area contributed by atoms with Crippen molar-refractivity contribution in [2.75, 3.05) is 37.7 Å². The predicted molar refractivity (Wildman–Crippen MR) is 127 cm³/mol. The van der Waals surface area contributed by atoms with Gasteiger partial charge in [-0.25, -0.2) is 14.8 Å². The molecule has 11 nitrogen and oxygen atoms in total. The quantitative estimate of drug-likeness (QED) is 0.570. The van der Waals surface area contributed by atoms with Crippen molar-refractivity contribution in [3.8, 4) is 5.13 Å². The second-order valence-corrected chi connectivity index (χ2v) is 10.3. The SMILES string of the molecule is Cc1cc(N2CC(C(=O)N3CC4(CCCCO4)C3)C2)nc2c1c(=O)c(C(=O)O)cn2-c1ncns1. The summed E-state index contributed by atoms with van der Waals surface area (Å²) in [6.45, 7) is 4.97.